The highest BCUT2D eigenvalue weighted by atomic mass is 32.2. The van der Waals surface area contributed by atoms with Crippen LogP contribution in [0.3, 0.4) is 0 Å². The van der Waals surface area contributed by atoms with E-state index in [1.54, 1.807) is 30.3 Å². The smallest absolute Gasteiger partial charge is 0.337 e. The van der Waals surface area contributed by atoms with Crippen LogP contribution in [0, 0.1) is 0 Å². The van der Waals surface area contributed by atoms with Crippen molar-refractivity contribution in [3.63, 3.8) is 0 Å². The number of carbonyl (C=O) groups is 1. The Morgan fingerprint density at radius 2 is 1.82 bits per heavy atom. The average molecular weight is 322 g/mol. The van der Waals surface area contributed by atoms with E-state index in [1.807, 2.05) is 4.89 Å². The van der Waals surface area contributed by atoms with Gasteiger partial charge < -0.3 is 15.3 Å². The summed E-state index contributed by atoms with van der Waals surface area (Å²) in [6.45, 7) is 0. The van der Waals surface area contributed by atoms with Crippen molar-refractivity contribution in [3.05, 3.63) is 54.1 Å². The molecule has 22 heavy (non-hydrogen) atoms. The fourth-order valence-corrected chi connectivity index (χ4v) is 2.53. The number of esters is 1. The van der Waals surface area contributed by atoms with E-state index in [4.69, 9.17) is 10.6 Å². The predicted molar refractivity (Wildman–Crippen MR) is 79.6 cm³/mol. The highest BCUT2D eigenvalue weighted by Gasteiger charge is 2.18. The number of anilines is 1. The van der Waals surface area contributed by atoms with E-state index >= 15 is 0 Å². The Morgan fingerprint density at radius 3 is 2.45 bits per heavy atom. The van der Waals surface area contributed by atoms with Crippen molar-refractivity contribution in [1.29, 1.82) is 0 Å². The fraction of sp³-hybridized carbons (Fsp3) is 0.0714. The van der Waals surface area contributed by atoms with Crippen LogP contribution in [0.15, 0.2) is 53.4 Å². The van der Waals surface area contributed by atoms with Crippen LogP contribution in [0.4, 0.5) is 5.69 Å². The van der Waals surface area contributed by atoms with E-state index in [0.717, 1.165) is 6.07 Å². The van der Waals surface area contributed by atoms with Gasteiger partial charge in [-0.2, -0.15) is 0 Å². The van der Waals surface area contributed by atoms with Gasteiger partial charge in [-0.05, 0) is 35.2 Å². The Bertz CT molecular complexity index is 775. The van der Waals surface area contributed by atoms with Crippen molar-refractivity contribution in [2.75, 3.05) is 12.8 Å². The summed E-state index contributed by atoms with van der Waals surface area (Å²) in [4.78, 5) is 18.3. The molecule has 0 bridgehead atoms. The summed E-state index contributed by atoms with van der Waals surface area (Å²) in [7, 11) is -2.81. The maximum atomic E-state index is 12.2. The lowest BCUT2D eigenvalue weighted by Crippen LogP contribution is -2.27. The van der Waals surface area contributed by atoms with Crippen LogP contribution in [0.2, 0.25) is 0 Å². The summed E-state index contributed by atoms with van der Waals surface area (Å²) >= 11 is 0. The quantitative estimate of drug-likeness (QED) is 0.488. The van der Waals surface area contributed by atoms with E-state index < -0.39 is 16.0 Å². The number of para-hydroxylation sites is 1. The summed E-state index contributed by atoms with van der Waals surface area (Å²) < 4.78 is 28.9. The van der Waals surface area contributed by atoms with E-state index in [1.165, 1.54) is 19.2 Å². The molecule has 0 saturated heterocycles. The van der Waals surface area contributed by atoms with E-state index in [2.05, 4.69) is 4.74 Å². The number of nitrogens with two attached hydrogens (primary N) is 1. The van der Waals surface area contributed by atoms with Crippen LogP contribution in [0.1, 0.15) is 10.4 Å². The first-order chi connectivity index (χ1) is 10.4. The first-order valence-corrected chi connectivity index (χ1v) is 7.63. The molecule has 0 unspecified atom stereocenters. The van der Waals surface area contributed by atoms with Crippen LogP contribution in [-0.2, 0) is 14.8 Å². The first-order valence-electron chi connectivity index (χ1n) is 6.15. The van der Waals surface area contributed by atoms with Crippen LogP contribution in [-0.4, -0.2) is 21.5 Å². The Kier molecular flexibility index (Phi) is 4.64. The molecular weight excluding hydrogens is 308 g/mol. The van der Waals surface area contributed by atoms with Crippen molar-refractivity contribution >= 4 is 21.7 Å². The number of nitrogen functional groups attached to an aromatic ring is 1. The van der Waals surface area contributed by atoms with Crippen molar-refractivity contribution in [1.82, 2.24) is 4.89 Å². The van der Waals surface area contributed by atoms with Gasteiger partial charge in [0.2, 0.25) is 0 Å². The molecule has 2 aromatic rings. The topological polar surface area (TPSA) is 108 Å². The van der Waals surface area contributed by atoms with Gasteiger partial charge in [-0.15, -0.1) is 0 Å². The number of hydrogen-bond acceptors (Lipinski definition) is 6. The number of methoxy groups -OCH3 is 1. The number of benzene rings is 2. The molecule has 2 aromatic carbocycles. The number of hydrogen-bond donors (Lipinski definition) is 2. The van der Waals surface area contributed by atoms with Gasteiger partial charge in [0, 0.05) is 5.69 Å². The van der Waals surface area contributed by atoms with Crippen LogP contribution in [0.5, 0.6) is 5.75 Å². The molecule has 0 fully saturated rings. The summed E-state index contributed by atoms with van der Waals surface area (Å²) in [6, 6.07) is 12.0. The standard InChI is InChI=1S/C14H14N2O5S/c1-20-14(17)10-7-11(15)9-13(8-10)22(18,19)16-21-12-5-3-2-4-6-12/h2-9,16H,15H2,1H3. The Labute approximate surface area is 127 Å². The molecule has 2 rings (SSSR count). The minimum atomic E-state index is -4.01. The number of carbonyl (C=O) groups excluding carboxylic acids is 1. The summed E-state index contributed by atoms with van der Waals surface area (Å²) in [5.74, 6) is -0.365. The zero-order valence-electron chi connectivity index (χ0n) is 11.6. The lowest BCUT2D eigenvalue weighted by atomic mass is 10.2. The molecule has 0 heterocycles. The van der Waals surface area contributed by atoms with E-state index in [9.17, 15) is 13.2 Å². The monoisotopic (exact) mass is 322 g/mol. The Morgan fingerprint density at radius 1 is 1.14 bits per heavy atom. The highest BCUT2D eigenvalue weighted by molar-refractivity contribution is 7.89. The fourth-order valence-electron chi connectivity index (χ4n) is 1.65. The van der Waals surface area contributed by atoms with Gasteiger partial charge in [0.05, 0.1) is 17.6 Å². The van der Waals surface area contributed by atoms with Crippen LogP contribution in [0.25, 0.3) is 0 Å². The number of rotatable bonds is 5. The van der Waals surface area contributed by atoms with Gasteiger partial charge in [0.1, 0.15) is 5.75 Å². The molecule has 0 radical (unpaired) electrons. The second kappa shape index (κ2) is 6.46. The average Bonchev–Trinajstić information content (AvgIpc) is 2.52. The minimum Gasteiger partial charge on any atom is -0.465 e. The van der Waals surface area contributed by atoms with Gasteiger partial charge in [-0.25, -0.2) is 13.2 Å². The molecule has 0 atom stereocenters. The molecule has 116 valence electrons. The molecule has 0 aliphatic rings. The van der Waals surface area contributed by atoms with Gasteiger partial charge in [0.15, 0.2) is 0 Å². The van der Waals surface area contributed by atoms with Crippen LogP contribution >= 0.6 is 0 Å². The summed E-state index contributed by atoms with van der Waals surface area (Å²) in [6.07, 6.45) is 0. The largest absolute Gasteiger partial charge is 0.465 e. The van der Waals surface area contributed by atoms with Crippen molar-refractivity contribution in [3.8, 4) is 5.75 Å². The second-order valence-corrected chi connectivity index (χ2v) is 5.93. The number of sulfonamides is 1. The van der Waals surface area contributed by atoms with Gasteiger partial charge in [-0.1, -0.05) is 18.2 Å². The maximum absolute atomic E-state index is 12.2. The third-order valence-electron chi connectivity index (χ3n) is 2.67. The molecule has 0 spiro atoms. The summed E-state index contributed by atoms with van der Waals surface area (Å²) in [5, 5.41) is 0. The third-order valence-corrected chi connectivity index (χ3v) is 3.83. The third kappa shape index (κ3) is 3.74. The number of nitrogens with one attached hydrogen (secondary N) is 1. The molecule has 7 nitrogen and oxygen atoms in total. The zero-order chi connectivity index (χ0) is 16.2. The van der Waals surface area contributed by atoms with Crippen LogP contribution < -0.4 is 15.5 Å². The van der Waals surface area contributed by atoms with E-state index in [0.29, 0.717) is 5.75 Å². The zero-order valence-corrected chi connectivity index (χ0v) is 12.5. The SMILES string of the molecule is COC(=O)c1cc(N)cc(S(=O)(=O)NOc2ccccc2)c1. The van der Waals surface area contributed by atoms with Gasteiger partial charge >= 0.3 is 5.97 Å². The lowest BCUT2D eigenvalue weighted by molar-refractivity contribution is 0.0600. The molecule has 0 aliphatic heterocycles. The van der Waals surface area contributed by atoms with Gasteiger partial charge in [0.25, 0.3) is 10.0 Å². The Balaban J connectivity index is 2.25. The predicted octanol–water partition coefficient (Wildman–Crippen LogP) is 1.33. The van der Waals surface area contributed by atoms with Gasteiger partial charge in [-0.3, -0.25) is 0 Å². The molecule has 0 saturated carbocycles. The molecule has 0 amide bonds. The van der Waals surface area contributed by atoms with Crippen molar-refractivity contribution in [2.45, 2.75) is 4.90 Å². The molecule has 0 aromatic heterocycles. The normalized spacial score (nSPS) is 11.0. The lowest BCUT2D eigenvalue weighted by Gasteiger charge is -2.10. The minimum absolute atomic E-state index is 0.0302. The molecule has 8 heteroatoms. The molecular formula is C14H14N2O5S. The summed E-state index contributed by atoms with van der Waals surface area (Å²) in [5.41, 5.74) is 5.76. The second-order valence-electron chi connectivity index (χ2n) is 4.28. The number of ether oxygens (including phenoxy) is 1. The van der Waals surface area contributed by atoms with E-state index in [-0.39, 0.29) is 16.1 Å². The Hall–Kier alpha value is -2.58. The van der Waals surface area contributed by atoms with Crippen molar-refractivity contribution in [2.24, 2.45) is 0 Å². The van der Waals surface area contributed by atoms with Crippen molar-refractivity contribution < 1.29 is 22.8 Å². The molecule has 3 N–H and O–H groups in total. The highest BCUT2D eigenvalue weighted by Crippen LogP contribution is 2.18. The maximum Gasteiger partial charge on any atom is 0.337 e. The molecule has 0 aliphatic carbocycles. The first kappa shape index (κ1) is 15.8.